The summed E-state index contributed by atoms with van der Waals surface area (Å²) in [5.41, 5.74) is 1.10. The average Bonchev–Trinajstić information content (AvgIpc) is 2.05. The fourth-order valence-corrected chi connectivity index (χ4v) is 1.21. The molecule has 0 heterocycles. The number of rotatable bonds is 1. The van der Waals surface area contributed by atoms with Crippen molar-refractivity contribution in [2.45, 2.75) is 13.0 Å². The summed E-state index contributed by atoms with van der Waals surface area (Å²) in [6, 6.07) is 6.80. The Hall–Kier alpha value is -1.04. The summed E-state index contributed by atoms with van der Waals surface area (Å²) < 4.78 is 0. The minimum Gasteiger partial charge on any atom is -0.389 e. The van der Waals surface area contributed by atoms with Crippen LogP contribution in [0, 0.1) is 11.3 Å². The second kappa shape index (κ2) is 3.57. The molecule has 0 saturated carbocycles. The van der Waals surface area contributed by atoms with E-state index in [2.05, 4.69) is 0 Å². The summed E-state index contributed by atoms with van der Waals surface area (Å²) in [5.74, 6) is 0. The molecule has 3 heteroatoms. The molecule has 12 heavy (non-hydrogen) atoms. The second-order valence-corrected chi connectivity index (χ2v) is 2.93. The summed E-state index contributed by atoms with van der Waals surface area (Å²) in [4.78, 5) is 0. The molecule has 1 N–H and O–H groups in total. The zero-order valence-electron chi connectivity index (χ0n) is 6.58. The summed E-state index contributed by atoms with van der Waals surface area (Å²) in [5, 5.41) is 18.3. The molecule has 1 atom stereocenters. The molecule has 0 radical (unpaired) electrons. The van der Waals surface area contributed by atoms with Crippen molar-refractivity contribution in [3.63, 3.8) is 0 Å². The predicted octanol–water partition coefficient (Wildman–Crippen LogP) is 2.26. The van der Waals surface area contributed by atoms with Crippen LogP contribution in [0.15, 0.2) is 18.2 Å². The van der Waals surface area contributed by atoms with Crippen molar-refractivity contribution in [3.05, 3.63) is 34.3 Å². The predicted molar refractivity (Wildman–Crippen MR) is 46.8 cm³/mol. The SMILES string of the molecule is CC(O)c1cc(C#N)ccc1Cl. The van der Waals surface area contributed by atoms with Gasteiger partial charge < -0.3 is 5.11 Å². The lowest BCUT2D eigenvalue weighted by atomic mass is 10.1. The lowest BCUT2D eigenvalue weighted by Crippen LogP contribution is -1.92. The molecule has 62 valence electrons. The van der Waals surface area contributed by atoms with Crippen molar-refractivity contribution in [3.8, 4) is 6.07 Å². The Kier molecular flexibility index (Phi) is 2.69. The van der Waals surface area contributed by atoms with E-state index in [0.717, 1.165) is 0 Å². The van der Waals surface area contributed by atoms with E-state index in [-0.39, 0.29) is 0 Å². The third-order valence-corrected chi connectivity index (χ3v) is 1.92. The van der Waals surface area contributed by atoms with Crippen LogP contribution in [-0.2, 0) is 0 Å². The number of aliphatic hydroxyl groups is 1. The van der Waals surface area contributed by atoms with Crippen molar-refractivity contribution >= 4 is 11.6 Å². The van der Waals surface area contributed by atoms with Crippen LogP contribution in [0.2, 0.25) is 5.02 Å². The van der Waals surface area contributed by atoms with Crippen LogP contribution in [0.5, 0.6) is 0 Å². The van der Waals surface area contributed by atoms with E-state index in [1.54, 1.807) is 25.1 Å². The van der Waals surface area contributed by atoms with Crippen molar-refractivity contribution in [1.29, 1.82) is 5.26 Å². The first-order valence-electron chi connectivity index (χ1n) is 3.52. The van der Waals surface area contributed by atoms with Gasteiger partial charge in [-0.25, -0.2) is 0 Å². The van der Waals surface area contributed by atoms with E-state index in [1.807, 2.05) is 6.07 Å². The fourth-order valence-electron chi connectivity index (χ4n) is 0.933. The van der Waals surface area contributed by atoms with E-state index in [1.165, 1.54) is 0 Å². The van der Waals surface area contributed by atoms with Gasteiger partial charge in [0, 0.05) is 10.6 Å². The molecular formula is C9H8ClNO. The normalized spacial score (nSPS) is 12.2. The number of benzene rings is 1. The van der Waals surface area contributed by atoms with E-state index < -0.39 is 6.10 Å². The number of nitrogens with zero attached hydrogens (tertiary/aromatic N) is 1. The van der Waals surface area contributed by atoms with Gasteiger partial charge in [-0.05, 0) is 25.1 Å². The molecule has 2 nitrogen and oxygen atoms in total. The van der Waals surface area contributed by atoms with Crippen LogP contribution in [0.25, 0.3) is 0 Å². The van der Waals surface area contributed by atoms with E-state index in [4.69, 9.17) is 16.9 Å². The van der Waals surface area contributed by atoms with Gasteiger partial charge in [-0.15, -0.1) is 0 Å². The number of hydrogen-bond donors (Lipinski definition) is 1. The molecule has 0 fully saturated rings. The summed E-state index contributed by atoms with van der Waals surface area (Å²) in [6.07, 6.45) is -0.634. The first-order valence-corrected chi connectivity index (χ1v) is 3.90. The van der Waals surface area contributed by atoms with Crippen molar-refractivity contribution < 1.29 is 5.11 Å². The van der Waals surface area contributed by atoms with Crippen LogP contribution >= 0.6 is 11.6 Å². The standard InChI is InChI=1S/C9H8ClNO/c1-6(12)8-4-7(5-11)2-3-9(8)10/h2-4,6,12H,1H3. The molecule has 0 saturated heterocycles. The Morgan fingerprint density at radius 1 is 1.58 bits per heavy atom. The molecule has 0 aliphatic carbocycles. The lowest BCUT2D eigenvalue weighted by Gasteiger charge is -2.06. The minimum atomic E-state index is -0.634. The number of halogens is 1. The van der Waals surface area contributed by atoms with Gasteiger partial charge in [0.05, 0.1) is 17.7 Å². The molecule has 1 unspecified atom stereocenters. The van der Waals surface area contributed by atoms with Crippen LogP contribution < -0.4 is 0 Å². The highest BCUT2D eigenvalue weighted by Crippen LogP contribution is 2.23. The molecule has 0 spiro atoms. The lowest BCUT2D eigenvalue weighted by molar-refractivity contribution is 0.199. The zero-order valence-corrected chi connectivity index (χ0v) is 7.34. The largest absolute Gasteiger partial charge is 0.389 e. The van der Waals surface area contributed by atoms with Gasteiger partial charge in [0.15, 0.2) is 0 Å². The second-order valence-electron chi connectivity index (χ2n) is 2.52. The molecule has 1 aromatic carbocycles. The fraction of sp³-hybridized carbons (Fsp3) is 0.222. The average molecular weight is 182 g/mol. The molecule has 0 amide bonds. The molecule has 0 aliphatic rings. The van der Waals surface area contributed by atoms with Crippen molar-refractivity contribution in [2.24, 2.45) is 0 Å². The van der Waals surface area contributed by atoms with E-state index in [0.29, 0.717) is 16.1 Å². The summed E-state index contributed by atoms with van der Waals surface area (Å²) in [6.45, 7) is 1.61. The van der Waals surface area contributed by atoms with Crippen LogP contribution in [-0.4, -0.2) is 5.11 Å². The van der Waals surface area contributed by atoms with Crippen LogP contribution in [0.1, 0.15) is 24.2 Å². The van der Waals surface area contributed by atoms with Gasteiger partial charge in [-0.3, -0.25) is 0 Å². The van der Waals surface area contributed by atoms with Crippen molar-refractivity contribution in [1.82, 2.24) is 0 Å². The van der Waals surface area contributed by atoms with E-state index >= 15 is 0 Å². The van der Waals surface area contributed by atoms with E-state index in [9.17, 15) is 5.11 Å². The maximum atomic E-state index is 9.23. The number of aliphatic hydroxyl groups excluding tert-OH is 1. The molecule has 0 bridgehead atoms. The molecule has 1 rings (SSSR count). The van der Waals surface area contributed by atoms with Gasteiger partial charge in [-0.1, -0.05) is 11.6 Å². The van der Waals surface area contributed by atoms with Gasteiger partial charge >= 0.3 is 0 Å². The maximum Gasteiger partial charge on any atom is 0.0991 e. The molecule has 0 aromatic heterocycles. The monoisotopic (exact) mass is 181 g/mol. The Labute approximate surface area is 76.0 Å². The van der Waals surface area contributed by atoms with Gasteiger partial charge in [-0.2, -0.15) is 5.26 Å². The molecular weight excluding hydrogens is 174 g/mol. The highest BCUT2D eigenvalue weighted by atomic mass is 35.5. The third kappa shape index (κ3) is 1.76. The molecule has 1 aromatic rings. The van der Waals surface area contributed by atoms with Crippen LogP contribution in [0.3, 0.4) is 0 Å². The zero-order chi connectivity index (χ0) is 9.14. The number of nitriles is 1. The Morgan fingerprint density at radius 3 is 2.75 bits per heavy atom. The number of hydrogen-bond acceptors (Lipinski definition) is 2. The quantitative estimate of drug-likeness (QED) is 0.722. The third-order valence-electron chi connectivity index (χ3n) is 1.58. The Bertz CT molecular complexity index is 328. The maximum absolute atomic E-state index is 9.23. The van der Waals surface area contributed by atoms with Gasteiger partial charge in [0.2, 0.25) is 0 Å². The van der Waals surface area contributed by atoms with Crippen molar-refractivity contribution in [2.75, 3.05) is 0 Å². The first-order chi connectivity index (χ1) is 5.65. The summed E-state index contributed by atoms with van der Waals surface area (Å²) >= 11 is 5.78. The first kappa shape index (κ1) is 9.05. The Balaban J connectivity index is 3.19. The highest BCUT2D eigenvalue weighted by Gasteiger charge is 2.06. The van der Waals surface area contributed by atoms with Gasteiger partial charge in [0.1, 0.15) is 0 Å². The summed E-state index contributed by atoms with van der Waals surface area (Å²) in [7, 11) is 0. The topological polar surface area (TPSA) is 44.0 Å². The van der Waals surface area contributed by atoms with Gasteiger partial charge in [0.25, 0.3) is 0 Å². The highest BCUT2D eigenvalue weighted by molar-refractivity contribution is 6.31. The minimum absolute atomic E-state index is 0.490. The van der Waals surface area contributed by atoms with Crippen LogP contribution in [0.4, 0.5) is 0 Å². The molecule has 0 aliphatic heterocycles. The smallest absolute Gasteiger partial charge is 0.0991 e. The Morgan fingerprint density at radius 2 is 2.25 bits per heavy atom.